The van der Waals surface area contributed by atoms with E-state index in [0.717, 1.165) is 0 Å². The van der Waals surface area contributed by atoms with Crippen LogP contribution in [-0.2, 0) is 4.79 Å². The van der Waals surface area contributed by atoms with Gasteiger partial charge in [-0.05, 0) is 24.3 Å². The van der Waals surface area contributed by atoms with Gasteiger partial charge in [-0.15, -0.1) is 0 Å². The summed E-state index contributed by atoms with van der Waals surface area (Å²) in [5, 5.41) is 18.3. The first-order chi connectivity index (χ1) is 7.60. The molecule has 3 N–H and O–H groups in total. The van der Waals surface area contributed by atoms with E-state index in [1.807, 2.05) is 0 Å². The molecule has 0 spiro atoms. The molecule has 0 atom stereocenters. The molecule has 5 heteroatoms. The molecule has 0 aromatic heterocycles. The highest BCUT2D eigenvalue weighted by Crippen LogP contribution is 2.19. The van der Waals surface area contributed by atoms with E-state index in [1.165, 1.54) is 19.2 Å². The van der Waals surface area contributed by atoms with Crippen molar-refractivity contribution in [2.75, 3.05) is 7.11 Å². The molecule has 0 unspecified atom stereocenters. The molecule has 1 aromatic carbocycles. The number of nitrogens with two attached hydrogens (primary N) is 1. The van der Waals surface area contributed by atoms with E-state index in [0.29, 0.717) is 11.3 Å². The second-order valence-corrected chi connectivity index (χ2v) is 2.93. The number of rotatable bonds is 3. The molecule has 0 radical (unpaired) electrons. The van der Waals surface area contributed by atoms with Gasteiger partial charge >= 0.3 is 0 Å². The lowest BCUT2D eigenvalue weighted by Crippen LogP contribution is -2.14. The van der Waals surface area contributed by atoms with Crippen molar-refractivity contribution in [1.29, 1.82) is 5.26 Å². The lowest BCUT2D eigenvalue weighted by atomic mass is 10.1. The third-order valence-electron chi connectivity index (χ3n) is 1.96. The predicted octanol–water partition coefficient (Wildman–Crippen LogP) is 0.973. The van der Waals surface area contributed by atoms with Crippen LogP contribution in [0.15, 0.2) is 29.8 Å². The zero-order valence-electron chi connectivity index (χ0n) is 8.60. The van der Waals surface area contributed by atoms with Crippen molar-refractivity contribution in [3.8, 4) is 11.8 Å². The van der Waals surface area contributed by atoms with Gasteiger partial charge in [0.25, 0.3) is 5.91 Å². The van der Waals surface area contributed by atoms with E-state index in [-0.39, 0.29) is 0 Å². The maximum absolute atomic E-state index is 10.8. The van der Waals surface area contributed by atoms with Gasteiger partial charge in [0.15, 0.2) is 5.57 Å². The van der Waals surface area contributed by atoms with E-state index in [4.69, 9.17) is 15.7 Å². The lowest BCUT2D eigenvalue weighted by molar-refractivity contribution is -0.114. The molecule has 0 aliphatic carbocycles. The van der Waals surface area contributed by atoms with Gasteiger partial charge < -0.3 is 15.6 Å². The number of carbonyl (C=O) groups is 1. The summed E-state index contributed by atoms with van der Waals surface area (Å²) in [6.45, 7) is 0. The molecule has 0 saturated carbocycles. The van der Waals surface area contributed by atoms with Gasteiger partial charge in [-0.25, -0.2) is 0 Å². The van der Waals surface area contributed by atoms with Crippen molar-refractivity contribution in [3.05, 3.63) is 35.4 Å². The first-order valence-corrected chi connectivity index (χ1v) is 4.37. The fraction of sp³-hybridized carbons (Fsp3) is 0.0909. The number of carbonyl (C=O) groups excluding carboxylic acids is 1. The van der Waals surface area contributed by atoms with Crippen molar-refractivity contribution < 1.29 is 14.6 Å². The largest absolute Gasteiger partial charge is 0.506 e. The predicted molar refractivity (Wildman–Crippen MR) is 57.4 cm³/mol. The fourth-order valence-electron chi connectivity index (χ4n) is 1.12. The van der Waals surface area contributed by atoms with E-state index < -0.39 is 17.2 Å². The maximum Gasteiger partial charge on any atom is 0.263 e. The van der Waals surface area contributed by atoms with Crippen molar-refractivity contribution >= 4 is 11.7 Å². The summed E-state index contributed by atoms with van der Waals surface area (Å²) in [5.41, 5.74) is 4.80. The standard InChI is InChI=1S/C11H10N2O3/c1-16-8-4-2-7(3-5-8)10(14)9(6-12)11(13)15/h2-5,14H,1H3,(H2,13,15). The van der Waals surface area contributed by atoms with E-state index >= 15 is 0 Å². The number of nitriles is 1. The smallest absolute Gasteiger partial charge is 0.263 e. The van der Waals surface area contributed by atoms with Crippen LogP contribution in [0.25, 0.3) is 5.76 Å². The number of aliphatic hydroxyl groups excluding tert-OH is 1. The Labute approximate surface area is 92.4 Å². The van der Waals surface area contributed by atoms with Gasteiger partial charge in [0.05, 0.1) is 7.11 Å². The number of primary amides is 1. The third kappa shape index (κ3) is 2.30. The van der Waals surface area contributed by atoms with Crippen LogP contribution in [0.4, 0.5) is 0 Å². The summed E-state index contributed by atoms with van der Waals surface area (Å²) in [5.74, 6) is -0.789. The molecule has 0 saturated heterocycles. The van der Waals surface area contributed by atoms with Crippen molar-refractivity contribution in [2.24, 2.45) is 5.73 Å². The van der Waals surface area contributed by atoms with Crippen molar-refractivity contribution in [2.45, 2.75) is 0 Å². The Hall–Kier alpha value is -2.48. The van der Waals surface area contributed by atoms with E-state index in [1.54, 1.807) is 18.2 Å². The summed E-state index contributed by atoms with van der Waals surface area (Å²) in [6.07, 6.45) is 0. The SMILES string of the molecule is COc1ccc(C(O)=C(C#N)C(N)=O)cc1. The Morgan fingerprint density at radius 1 is 1.44 bits per heavy atom. The van der Waals surface area contributed by atoms with Gasteiger partial charge in [0.2, 0.25) is 0 Å². The van der Waals surface area contributed by atoms with Crippen LogP contribution >= 0.6 is 0 Å². The summed E-state index contributed by atoms with van der Waals surface area (Å²) in [7, 11) is 1.51. The molecule has 1 amide bonds. The number of ether oxygens (including phenoxy) is 1. The Morgan fingerprint density at radius 3 is 2.38 bits per heavy atom. The Bertz CT molecular complexity index is 469. The van der Waals surface area contributed by atoms with E-state index in [9.17, 15) is 9.90 Å². The number of nitrogens with zero attached hydrogens (tertiary/aromatic N) is 1. The van der Waals surface area contributed by atoms with Crippen LogP contribution in [0.5, 0.6) is 5.75 Å². The van der Waals surface area contributed by atoms with Crippen LogP contribution < -0.4 is 10.5 Å². The van der Waals surface area contributed by atoms with Crippen LogP contribution in [0.3, 0.4) is 0 Å². The van der Waals surface area contributed by atoms with Gasteiger partial charge in [0, 0.05) is 5.56 Å². The highest BCUT2D eigenvalue weighted by atomic mass is 16.5. The molecule has 1 aromatic rings. The van der Waals surface area contributed by atoms with Gasteiger partial charge in [-0.1, -0.05) is 0 Å². The molecule has 5 nitrogen and oxygen atoms in total. The second kappa shape index (κ2) is 4.84. The summed E-state index contributed by atoms with van der Waals surface area (Å²) in [6, 6.07) is 7.79. The highest BCUT2D eigenvalue weighted by molar-refractivity contribution is 6.02. The van der Waals surface area contributed by atoms with Crippen LogP contribution in [0.1, 0.15) is 5.56 Å². The topological polar surface area (TPSA) is 96.3 Å². The van der Waals surface area contributed by atoms with Crippen molar-refractivity contribution in [3.63, 3.8) is 0 Å². The lowest BCUT2D eigenvalue weighted by Gasteiger charge is -2.03. The number of hydrogen-bond acceptors (Lipinski definition) is 4. The molecule has 82 valence electrons. The molecular formula is C11H10N2O3. The third-order valence-corrected chi connectivity index (χ3v) is 1.96. The highest BCUT2D eigenvalue weighted by Gasteiger charge is 2.12. The van der Waals surface area contributed by atoms with Gasteiger partial charge in [-0.3, -0.25) is 4.79 Å². The quantitative estimate of drug-likeness (QED) is 0.449. The Kier molecular flexibility index (Phi) is 3.51. The van der Waals surface area contributed by atoms with Crippen molar-refractivity contribution in [1.82, 2.24) is 0 Å². The molecule has 16 heavy (non-hydrogen) atoms. The number of amides is 1. The molecule has 0 aliphatic rings. The first-order valence-electron chi connectivity index (χ1n) is 4.37. The zero-order chi connectivity index (χ0) is 12.1. The summed E-state index contributed by atoms with van der Waals surface area (Å²) >= 11 is 0. The van der Waals surface area contributed by atoms with E-state index in [2.05, 4.69) is 0 Å². The maximum atomic E-state index is 10.8. The van der Waals surface area contributed by atoms with Gasteiger partial charge in [0.1, 0.15) is 17.6 Å². The number of benzene rings is 1. The molecule has 0 heterocycles. The normalized spacial score (nSPS) is 11.2. The minimum Gasteiger partial charge on any atom is -0.506 e. The van der Waals surface area contributed by atoms with Gasteiger partial charge in [-0.2, -0.15) is 5.26 Å². The minimum absolute atomic E-state index is 0.330. The molecular weight excluding hydrogens is 208 g/mol. The molecule has 0 aliphatic heterocycles. The first kappa shape index (κ1) is 11.6. The summed E-state index contributed by atoms with van der Waals surface area (Å²) < 4.78 is 4.93. The van der Waals surface area contributed by atoms with Crippen LogP contribution in [0, 0.1) is 11.3 Å². The monoisotopic (exact) mass is 218 g/mol. The molecule has 1 rings (SSSR count). The summed E-state index contributed by atoms with van der Waals surface area (Å²) in [4.78, 5) is 10.8. The molecule has 0 bridgehead atoms. The average molecular weight is 218 g/mol. The Balaban J connectivity index is 3.18. The number of methoxy groups -OCH3 is 1. The fourth-order valence-corrected chi connectivity index (χ4v) is 1.12. The zero-order valence-corrected chi connectivity index (χ0v) is 8.60. The van der Waals surface area contributed by atoms with Crippen LogP contribution in [0.2, 0.25) is 0 Å². The Morgan fingerprint density at radius 2 is 2.00 bits per heavy atom. The second-order valence-electron chi connectivity index (χ2n) is 2.93. The minimum atomic E-state index is -0.962. The number of aliphatic hydroxyl groups is 1. The number of hydrogen-bond donors (Lipinski definition) is 2. The average Bonchev–Trinajstić information content (AvgIpc) is 2.29. The van der Waals surface area contributed by atoms with Crippen LogP contribution in [-0.4, -0.2) is 18.1 Å². The molecule has 0 fully saturated rings.